The third kappa shape index (κ3) is 4.83. The molecular weight excluding hydrogens is 319 g/mol. The first-order valence-corrected chi connectivity index (χ1v) is 7.42. The lowest BCUT2D eigenvalue weighted by Crippen LogP contribution is -2.09. The van der Waals surface area contributed by atoms with E-state index in [4.69, 9.17) is 9.47 Å². The Balaban J connectivity index is 2.11. The lowest BCUT2D eigenvalue weighted by Gasteiger charge is -2.13. The van der Waals surface area contributed by atoms with Crippen LogP contribution in [0.5, 0.6) is 5.88 Å². The number of halogens is 3. The molecule has 0 aliphatic carbocycles. The van der Waals surface area contributed by atoms with Gasteiger partial charge in [-0.3, -0.25) is 0 Å². The topological polar surface area (TPSA) is 31.4 Å². The van der Waals surface area contributed by atoms with Crippen molar-refractivity contribution in [3.05, 3.63) is 65.9 Å². The maximum Gasteiger partial charge on any atom is 0.433 e. The first-order valence-electron chi connectivity index (χ1n) is 7.42. The van der Waals surface area contributed by atoms with Crippen molar-refractivity contribution in [1.29, 1.82) is 0 Å². The van der Waals surface area contributed by atoms with Crippen LogP contribution in [0.25, 0.3) is 5.57 Å². The first kappa shape index (κ1) is 18.0. The molecule has 1 aromatic heterocycles. The smallest absolute Gasteiger partial charge is 0.433 e. The molecule has 6 heteroatoms. The van der Waals surface area contributed by atoms with Gasteiger partial charge in [0.05, 0.1) is 6.61 Å². The zero-order chi connectivity index (χ0) is 17.6. The summed E-state index contributed by atoms with van der Waals surface area (Å²) in [6.45, 7) is 6.92. The van der Waals surface area contributed by atoms with E-state index < -0.39 is 11.9 Å². The van der Waals surface area contributed by atoms with Crippen LogP contribution in [-0.2, 0) is 17.5 Å². The van der Waals surface area contributed by atoms with Crippen LogP contribution in [0.4, 0.5) is 13.2 Å². The molecule has 1 aromatic carbocycles. The van der Waals surface area contributed by atoms with Crippen molar-refractivity contribution in [1.82, 2.24) is 4.98 Å². The van der Waals surface area contributed by atoms with Crippen LogP contribution < -0.4 is 4.74 Å². The fourth-order valence-corrected chi connectivity index (χ4v) is 2.10. The fourth-order valence-electron chi connectivity index (χ4n) is 2.10. The zero-order valence-corrected chi connectivity index (χ0v) is 13.3. The van der Waals surface area contributed by atoms with Crippen molar-refractivity contribution in [2.24, 2.45) is 0 Å². The molecule has 0 radical (unpaired) electrons. The zero-order valence-electron chi connectivity index (χ0n) is 13.3. The van der Waals surface area contributed by atoms with Gasteiger partial charge >= 0.3 is 6.18 Å². The van der Waals surface area contributed by atoms with Crippen molar-refractivity contribution in [3.63, 3.8) is 0 Å². The first-order chi connectivity index (χ1) is 11.4. The van der Waals surface area contributed by atoms with Crippen LogP contribution in [0, 0.1) is 0 Å². The van der Waals surface area contributed by atoms with Gasteiger partial charge in [0.25, 0.3) is 0 Å². The van der Waals surface area contributed by atoms with Gasteiger partial charge in [-0.1, -0.05) is 36.9 Å². The molecule has 24 heavy (non-hydrogen) atoms. The van der Waals surface area contributed by atoms with Crippen molar-refractivity contribution in [3.8, 4) is 5.88 Å². The van der Waals surface area contributed by atoms with Crippen LogP contribution in [0.2, 0.25) is 0 Å². The minimum atomic E-state index is -4.50. The van der Waals surface area contributed by atoms with E-state index in [9.17, 15) is 13.2 Å². The Bertz CT molecular complexity index is 699. The van der Waals surface area contributed by atoms with E-state index >= 15 is 0 Å². The van der Waals surface area contributed by atoms with E-state index in [-0.39, 0.29) is 12.5 Å². The molecule has 0 aliphatic rings. The molecule has 2 aromatic rings. The van der Waals surface area contributed by atoms with Gasteiger partial charge in [-0.05, 0) is 29.7 Å². The summed E-state index contributed by atoms with van der Waals surface area (Å²) in [6, 6.07) is 11.0. The minimum Gasteiger partial charge on any atom is -0.473 e. The highest BCUT2D eigenvalue weighted by molar-refractivity contribution is 5.66. The number of rotatable bonds is 7. The van der Waals surface area contributed by atoms with Gasteiger partial charge in [-0.2, -0.15) is 13.2 Å². The summed E-state index contributed by atoms with van der Waals surface area (Å²) in [5.74, 6) is -0.0740. The number of aromatic nitrogens is 1. The van der Waals surface area contributed by atoms with Gasteiger partial charge in [0.1, 0.15) is 12.3 Å². The van der Waals surface area contributed by atoms with Gasteiger partial charge < -0.3 is 9.47 Å². The van der Waals surface area contributed by atoms with E-state index in [0.29, 0.717) is 13.2 Å². The number of hydrogen-bond donors (Lipinski definition) is 0. The number of pyridine rings is 1. The minimum absolute atomic E-state index is 0.0740. The van der Waals surface area contributed by atoms with Crippen LogP contribution in [-0.4, -0.2) is 18.2 Å². The molecule has 0 unspecified atom stereocenters. The Morgan fingerprint density at radius 3 is 2.58 bits per heavy atom. The Labute approximate surface area is 138 Å². The molecule has 0 spiro atoms. The normalized spacial score (nSPS) is 11.3. The Morgan fingerprint density at radius 2 is 1.88 bits per heavy atom. The van der Waals surface area contributed by atoms with Crippen molar-refractivity contribution in [2.75, 3.05) is 13.2 Å². The molecule has 0 fully saturated rings. The molecule has 0 bridgehead atoms. The number of ether oxygens (including phenoxy) is 2. The maximum atomic E-state index is 12.7. The molecule has 0 atom stereocenters. The fraction of sp³-hybridized carbons (Fsp3) is 0.278. The maximum absolute atomic E-state index is 12.7. The van der Waals surface area contributed by atoms with Crippen molar-refractivity contribution < 1.29 is 22.6 Å². The Kier molecular flexibility index (Phi) is 5.98. The average Bonchev–Trinajstić information content (AvgIpc) is 2.57. The third-order valence-corrected chi connectivity index (χ3v) is 3.27. The molecule has 0 saturated heterocycles. The summed E-state index contributed by atoms with van der Waals surface area (Å²) >= 11 is 0. The summed E-state index contributed by atoms with van der Waals surface area (Å²) in [5.41, 5.74) is 1.47. The molecule has 0 N–H and O–H groups in total. The number of benzene rings is 1. The molecule has 0 saturated carbocycles. The van der Waals surface area contributed by atoms with Crippen LogP contribution in [0.15, 0.2) is 49.0 Å². The van der Waals surface area contributed by atoms with Gasteiger partial charge in [0.2, 0.25) is 5.88 Å². The second-order valence-corrected chi connectivity index (χ2v) is 5.05. The largest absolute Gasteiger partial charge is 0.473 e. The number of hydrogen-bond acceptors (Lipinski definition) is 3. The number of nitrogens with zero attached hydrogens (tertiary/aromatic N) is 1. The SMILES string of the molecule is C=C(COCC)c1ccccc1COc1cccc(C(F)(F)F)n1. The molecule has 2 rings (SSSR count). The molecule has 3 nitrogen and oxygen atoms in total. The van der Waals surface area contributed by atoms with Crippen LogP contribution in [0.1, 0.15) is 23.7 Å². The second-order valence-electron chi connectivity index (χ2n) is 5.05. The van der Waals surface area contributed by atoms with Gasteiger partial charge in [-0.25, -0.2) is 4.98 Å². The van der Waals surface area contributed by atoms with E-state index in [1.54, 1.807) is 0 Å². The lowest BCUT2D eigenvalue weighted by atomic mass is 10.0. The monoisotopic (exact) mass is 337 g/mol. The predicted octanol–water partition coefficient (Wildman–Crippen LogP) is 4.73. The van der Waals surface area contributed by atoms with Crippen LogP contribution >= 0.6 is 0 Å². The molecule has 0 aliphatic heterocycles. The molecular formula is C18H18F3NO2. The highest BCUT2D eigenvalue weighted by atomic mass is 19.4. The molecule has 1 heterocycles. The third-order valence-electron chi connectivity index (χ3n) is 3.27. The number of alkyl halides is 3. The standard InChI is InChI=1S/C18H18F3NO2/c1-3-23-11-13(2)15-8-5-4-7-14(15)12-24-17-10-6-9-16(22-17)18(19,20)21/h4-10H,2-3,11-12H2,1H3. The summed E-state index contributed by atoms with van der Waals surface area (Å²) in [7, 11) is 0. The van der Waals surface area contributed by atoms with E-state index in [1.807, 2.05) is 31.2 Å². The van der Waals surface area contributed by atoms with E-state index in [2.05, 4.69) is 11.6 Å². The summed E-state index contributed by atoms with van der Waals surface area (Å²) in [5, 5.41) is 0. The highest BCUT2D eigenvalue weighted by Crippen LogP contribution is 2.29. The summed E-state index contributed by atoms with van der Waals surface area (Å²) in [4.78, 5) is 3.49. The lowest BCUT2D eigenvalue weighted by molar-refractivity contribution is -0.141. The van der Waals surface area contributed by atoms with Crippen molar-refractivity contribution in [2.45, 2.75) is 19.7 Å². The van der Waals surface area contributed by atoms with Gasteiger partial charge in [0, 0.05) is 12.7 Å². The van der Waals surface area contributed by atoms with E-state index in [1.165, 1.54) is 12.1 Å². The second kappa shape index (κ2) is 7.97. The quantitative estimate of drug-likeness (QED) is 0.732. The van der Waals surface area contributed by atoms with Gasteiger partial charge in [-0.15, -0.1) is 0 Å². The van der Waals surface area contributed by atoms with E-state index in [0.717, 1.165) is 22.8 Å². The van der Waals surface area contributed by atoms with Gasteiger partial charge in [0.15, 0.2) is 0 Å². The molecule has 0 amide bonds. The summed E-state index contributed by atoms with van der Waals surface area (Å²) in [6.07, 6.45) is -4.50. The molecule has 128 valence electrons. The average molecular weight is 337 g/mol. The highest BCUT2D eigenvalue weighted by Gasteiger charge is 2.32. The summed E-state index contributed by atoms with van der Waals surface area (Å²) < 4.78 is 48.8. The predicted molar refractivity (Wildman–Crippen MR) is 85.5 cm³/mol. The van der Waals surface area contributed by atoms with Crippen LogP contribution in [0.3, 0.4) is 0 Å². The Hall–Kier alpha value is -2.34. The van der Waals surface area contributed by atoms with Crippen molar-refractivity contribution >= 4 is 5.57 Å². The Morgan fingerprint density at radius 1 is 1.12 bits per heavy atom.